The van der Waals surface area contributed by atoms with Crippen molar-refractivity contribution in [2.24, 2.45) is 0 Å². The molecule has 5 rings (SSSR count). The van der Waals surface area contributed by atoms with Gasteiger partial charge in [-0.3, -0.25) is 0 Å². The molecule has 0 aromatic heterocycles. The molecule has 1 saturated heterocycles. The van der Waals surface area contributed by atoms with Crippen molar-refractivity contribution in [1.82, 2.24) is 0 Å². The van der Waals surface area contributed by atoms with Gasteiger partial charge in [0.1, 0.15) is 31.0 Å². The third kappa shape index (κ3) is 8.33. The lowest BCUT2D eigenvalue weighted by atomic mass is 9.99. The van der Waals surface area contributed by atoms with Gasteiger partial charge in [-0.15, -0.1) is 0 Å². The van der Waals surface area contributed by atoms with E-state index in [1.165, 1.54) is 0 Å². The maximum atomic E-state index is 6.55. The van der Waals surface area contributed by atoms with Gasteiger partial charge in [-0.2, -0.15) is 0 Å². The fourth-order valence-corrected chi connectivity index (χ4v) is 4.56. The van der Waals surface area contributed by atoms with E-state index in [0.29, 0.717) is 33.0 Å². The van der Waals surface area contributed by atoms with Gasteiger partial charge in [0, 0.05) is 0 Å². The third-order valence-electron chi connectivity index (χ3n) is 6.65. The summed E-state index contributed by atoms with van der Waals surface area (Å²) in [5.74, 6) is 0. The van der Waals surface area contributed by atoms with Crippen LogP contribution < -0.4 is 0 Å². The number of ether oxygens (including phenoxy) is 5. The van der Waals surface area contributed by atoms with Crippen molar-refractivity contribution in [3.05, 3.63) is 150 Å². The normalized spacial score (nSPS) is 21.0. The standard InChI is InChI=1S/C34H35O5/c1-5-13-27(14-6-1)21-35-25-31-33(38-23-29-17-9-3-10-18-29)34(39-24-30-19-11-4-12-20-30)32(26-37-31)36-22-28-15-7-2-8-16-28/h1-20,26,31-34H,21-25H2/t31-,32+,33-,34+/m1/s1. The summed E-state index contributed by atoms with van der Waals surface area (Å²) in [7, 11) is 0. The second-order valence-corrected chi connectivity index (χ2v) is 9.59. The summed E-state index contributed by atoms with van der Waals surface area (Å²) in [6, 6.07) is 40.5. The highest BCUT2D eigenvalue weighted by Crippen LogP contribution is 2.29. The van der Waals surface area contributed by atoms with Crippen LogP contribution in [0.15, 0.2) is 121 Å². The molecule has 0 aliphatic carbocycles. The van der Waals surface area contributed by atoms with Crippen LogP contribution in [0.2, 0.25) is 0 Å². The van der Waals surface area contributed by atoms with Gasteiger partial charge < -0.3 is 23.7 Å². The van der Waals surface area contributed by atoms with Crippen LogP contribution in [0, 0.1) is 6.61 Å². The zero-order chi connectivity index (χ0) is 26.5. The molecule has 4 aromatic carbocycles. The predicted molar refractivity (Wildman–Crippen MR) is 150 cm³/mol. The fourth-order valence-electron chi connectivity index (χ4n) is 4.56. The van der Waals surface area contributed by atoms with E-state index in [-0.39, 0.29) is 6.10 Å². The Morgan fingerprint density at radius 2 is 0.872 bits per heavy atom. The molecule has 1 radical (unpaired) electrons. The second-order valence-electron chi connectivity index (χ2n) is 9.59. The fraction of sp³-hybridized carbons (Fsp3) is 0.265. The van der Waals surface area contributed by atoms with E-state index in [1.54, 1.807) is 6.61 Å². The first-order valence-corrected chi connectivity index (χ1v) is 13.4. The third-order valence-corrected chi connectivity index (χ3v) is 6.65. The van der Waals surface area contributed by atoms with Crippen LogP contribution in [0.1, 0.15) is 22.3 Å². The molecule has 0 N–H and O–H groups in total. The number of benzene rings is 4. The van der Waals surface area contributed by atoms with Gasteiger partial charge in [-0.1, -0.05) is 121 Å². The Bertz CT molecular complexity index is 1200. The van der Waals surface area contributed by atoms with Gasteiger partial charge in [0.25, 0.3) is 0 Å². The molecule has 201 valence electrons. The first kappa shape index (κ1) is 27.3. The summed E-state index contributed by atoms with van der Waals surface area (Å²) in [5, 5.41) is 0. The van der Waals surface area contributed by atoms with E-state index >= 15 is 0 Å². The van der Waals surface area contributed by atoms with Crippen molar-refractivity contribution in [1.29, 1.82) is 0 Å². The van der Waals surface area contributed by atoms with Crippen LogP contribution in [-0.4, -0.2) is 31.0 Å². The van der Waals surface area contributed by atoms with Crippen LogP contribution >= 0.6 is 0 Å². The van der Waals surface area contributed by atoms with Gasteiger partial charge >= 0.3 is 0 Å². The zero-order valence-corrected chi connectivity index (χ0v) is 22.0. The Morgan fingerprint density at radius 3 is 1.36 bits per heavy atom. The molecule has 1 aliphatic heterocycles. The van der Waals surface area contributed by atoms with Crippen LogP contribution in [0.5, 0.6) is 0 Å². The predicted octanol–water partition coefficient (Wildman–Crippen LogP) is 6.52. The smallest absolute Gasteiger partial charge is 0.116 e. The molecule has 0 bridgehead atoms. The van der Waals surface area contributed by atoms with Crippen molar-refractivity contribution in [2.75, 3.05) is 6.61 Å². The highest BCUT2D eigenvalue weighted by molar-refractivity contribution is 5.16. The van der Waals surface area contributed by atoms with Crippen molar-refractivity contribution in [3.8, 4) is 0 Å². The maximum absolute atomic E-state index is 6.55. The molecular formula is C34H35O5. The molecule has 39 heavy (non-hydrogen) atoms. The molecule has 0 spiro atoms. The largest absolute Gasteiger partial charge is 0.374 e. The quantitative estimate of drug-likeness (QED) is 0.200. The Balaban J connectivity index is 1.32. The molecule has 5 heteroatoms. The van der Waals surface area contributed by atoms with Crippen LogP contribution in [0.4, 0.5) is 0 Å². The average molecular weight is 524 g/mol. The Morgan fingerprint density at radius 1 is 0.462 bits per heavy atom. The molecule has 0 unspecified atom stereocenters. The molecular weight excluding hydrogens is 488 g/mol. The number of rotatable bonds is 13. The molecule has 1 heterocycles. The zero-order valence-electron chi connectivity index (χ0n) is 22.0. The van der Waals surface area contributed by atoms with E-state index in [2.05, 4.69) is 36.4 Å². The van der Waals surface area contributed by atoms with Gasteiger partial charge in [0.05, 0.1) is 33.0 Å². The van der Waals surface area contributed by atoms with Crippen molar-refractivity contribution in [3.63, 3.8) is 0 Å². The van der Waals surface area contributed by atoms with E-state index in [9.17, 15) is 0 Å². The maximum Gasteiger partial charge on any atom is 0.116 e. The SMILES string of the molecule is [CH]1O[C@H](COCc2ccccc2)[C@@H](OCc2ccccc2)[C@@H](OCc2ccccc2)[C@H]1OCc1ccccc1. The minimum Gasteiger partial charge on any atom is -0.374 e. The lowest BCUT2D eigenvalue weighted by molar-refractivity contribution is -0.227. The van der Waals surface area contributed by atoms with E-state index in [4.69, 9.17) is 23.7 Å². The van der Waals surface area contributed by atoms with Gasteiger partial charge in [0.15, 0.2) is 0 Å². The summed E-state index contributed by atoms with van der Waals surface area (Å²) in [5.41, 5.74) is 4.37. The summed E-state index contributed by atoms with van der Waals surface area (Å²) in [6.45, 7) is 3.92. The Hall–Kier alpha value is -3.32. The van der Waals surface area contributed by atoms with Crippen LogP contribution in [0.3, 0.4) is 0 Å². The lowest BCUT2D eigenvalue weighted by Crippen LogP contribution is -2.55. The minimum absolute atomic E-state index is 0.352. The van der Waals surface area contributed by atoms with Gasteiger partial charge in [-0.05, 0) is 22.3 Å². The molecule has 1 aliphatic rings. The monoisotopic (exact) mass is 523 g/mol. The average Bonchev–Trinajstić information content (AvgIpc) is 3.00. The van der Waals surface area contributed by atoms with Crippen molar-refractivity contribution in [2.45, 2.75) is 50.8 Å². The first-order chi connectivity index (χ1) is 19.3. The summed E-state index contributed by atoms with van der Waals surface area (Å²) in [4.78, 5) is 0. The van der Waals surface area contributed by atoms with Crippen LogP contribution in [0.25, 0.3) is 0 Å². The van der Waals surface area contributed by atoms with E-state index < -0.39 is 18.3 Å². The lowest BCUT2D eigenvalue weighted by Gasteiger charge is -2.41. The Kier molecular flexibility index (Phi) is 10.3. The van der Waals surface area contributed by atoms with Gasteiger partial charge in [-0.25, -0.2) is 0 Å². The molecule has 5 nitrogen and oxygen atoms in total. The summed E-state index contributed by atoms with van der Waals surface area (Å²) < 4.78 is 31.8. The molecule has 4 atom stereocenters. The Labute approximate surface area is 231 Å². The highest BCUT2D eigenvalue weighted by Gasteiger charge is 2.43. The summed E-state index contributed by atoms with van der Waals surface area (Å²) >= 11 is 0. The molecule has 0 amide bonds. The van der Waals surface area contributed by atoms with E-state index in [1.807, 2.05) is 84.9 Å². The van der Waals surface area contributed by atoms with Crippen molar-refractivity contribution < 1.29 is 23.7 Å². The molecule has 1 fully saturated rings. The van der Waals surface area contributed by atoms with Crippen molar-refractivity contribution >= 4 is 0 Å². The first-order valence-electron chi connectivity index (χ1n) is 13.4. The second kappa shape index (κ2) is 14.7. The van der Waals surface area contributed by atoms with Gasteiger partial charge in [0.2, 0.25) is 0 Å². The highest BCUT2D eigenvalue weighted by atomic mass is 16.6. The minimum atomic E-state index is -0.417. The molecule has 0 saturated carbocycles. The number of hydrogen-bond acceptors (Lipinski definition) is 5. The van der Waals surface area contributed by atoms with Crippen LogP contribution in [-0.2, 0) is 50.1 Å². The van der Waals surface area contributed by atoms with E-state index in [0.717, 1.165) is 22.3 Å². The molecule has 4 aromatic rings. The summed E-state index contributed by atoms with van der Waals surface area (Å²) in [6.07, 6.45) is -1.57. The topological polar surface area (TPSA) is 46.2 Å². The number of hydrogen-bond donors (Lipinski definition) is 0.